The Bertz CT molecular complexity index is 940. The number of nitrogens with one attached hydrogen (secondary N) is 1. The van der Waals surface area contributed by atoms with Crippen molar-refractivity contribution in [2.75, 3.05) is 27.7 Å². The van der Waals surface area contributed by atoms with Gasteiger partial charge in [0.25, 0.3) is 0 Å². The Labute approximate surface area is 193 Å². The van der Waals surface area contributed by atoms with Gasteiger partial charge >= 0.3 is 0 Å². The number of halogens is 1. The highest BCUT2D eigenvalue weighted by Crippen LogP contribution is 2.21. The number of para-hydroxylation sites is 1. The van der Waals surface area contributed by atoms with Crippen molar-refractivity contribution in [3.63, 3.8) is 0 Å². The molecule has 8 heteroatoms. The molecule has 1 atom stereocenters. The second kappa shape index (κ2) is 11.4. The van der Waals surface area contributed by atoms with E-state index < -0.39 is 0 Å². The van der Waals surface area contributed by atoms with Crippen molar-refractivity contribution >= 4 is 52.2 Å². The summed E-state index contributed by atoms with van der Waals surface area (Å²) in [6.45, 7) is 3.49. The number of pyridine rings is 1. The third-order valence-corrected chi connectivity index (χ3v) is 5.69. The number of hydrogen-bond donors (Lipinski definition) is 1. The number of nitrogens with zero attached hydrogens (tertiary/aromatic N) is 4. The molecule has 3 rings (SSSR count). The summed E-state index contributed by atoms with van der Waals surface area (Å²) < 4.78 is 5.34. The van der Waals surface area contributed by atoms with Crippen LogP contribution in [-0.4, -0.2) is 48.6 Å². The zero-order valence-electron chi connectivity index (χ0n) is 17.3. The fourth-order valence-corrected chi connectivity index (χ4v) is 3.91. The summed E-state index contributed by atoms with van der Waals surface area (Å²) in [6, 6.07) is 10.4. The molecule has 0 aliphatic heterocycles. The molecule has 0 aliphatic rings. The molecule has 0 saturated carbocycles. The van der Waals surface area contributed by atoms with Crippen molar-refractivity contribution in [1.82, 2.24) is 20.2 Å². The molecule has 0 aliphatic carbocycles. The van der Waals surface area contributed by atoms with Crippen LogP contribution in [0.1, 0.15) is 29.3 Å². The van der Waals surface area contributed by atoms with Crippen LogP contribution in [-0.2, 0) is 17.7 Å². The monoisotopic (exact) mass is 525 g/mol. The smallest absolute Gasteiger partial charge is 0.193 e. The standard InChI is InChI=1S/C21H27N5OS.HI/c1-15(27-4)20-25-18(14-28-20)13-26(3)21(22-2)24-12-10-17-8-5-7-16-9-6-11-23-19(16)17;/h5-9,11,14-15H,10,12-13H2,1-4H3,(H,22,24);1H. The minimum absolute atomic E-state index is 0. The molecule has 0 saturated heterocycles. The van der Waals surface area contributed by atoms with Crippen molar-refractivity contribution in [2.24, 2.45) is 4.99 Å². The third-order valence-electron chi connectivity index (χ3n) is 4.64. The molecule has 0 radical (unpaired) electrons. The maximum absolute atomic E-state index is 5.34. The van der Waals surface area contributed by atoms with E-state index >= 15 is 0 Å². The number of methoxy groups -OCH3 is 1. The molecule has 6 nitrogen and oxygen atoms in total. The van der Waals surface area contributed by atoms with Crippen LogP contribution in [0.2, 0.25) is 0 Å². The van der Waals surface area contributed by atoms with Crippen molar-refractivity contribution in [3.8, 4) is 0 Å². The number of hydrogen-bond acceptors (Lipinski definition) is 5. The lowest BCUT2D eigenvalue weighted by atomic mass is 10.1. The Balaban J connectivity index is 0.00000300. The largest absolute Gasteiger partial charge is 0.375 e. The lowest BCUT2D eigenvalue weighted by molar-refractivity contribution is 0.119. The van der Waals surface area contributed by atoms with Crippen LogP contribution in [0, 0.1) is 0 Å². The van der Waals surface area contributed by atoms with E-state index in [4.69, 9.17) is 4.74 Å². The maximum atomic E-state index is 5.34. The SMILES string of the molecule is CN=C(NCCc1cccc2cccnc12)N(C)Cc1csc(C(C)OC)n1.I. The topological polar surface area (TPSA) is 62.6 Å². The van der Waals surface area contributed by atoms with Gasteiger partial charge in [-0.1, -0.05) is 24.3 Å². The molecule has 3 aromatic rings. The fraction of sp³-hybridized carbons (Fsp3) is 0.381. The van der Waals surface area contributed by atoms with Gasteiger partial charge in [-0.15, -0.1) is 35.3 Å². The number of rotatable bonds is 7. The van der Waals surface area contributed by atoms with E-state index in [1.54, 1.807) is 25.5 Å². The Morgan fingerprint density at radius 3 is 2.86 bits per heavy atom. The third kappa shape index (κ3) is 6.10. The molecule has 0 amide bonds. The predicted octanol–water partition coefficient (Wildman–Crippen LogP) is 4.27. The van der Waals surface area contributed by atoms with Crippen molar-refractivity contribution in [1.29, 1.82) is 0 Å². The highest BCUT2D eigenvalue weighted by Gasteiger charge is 2.12. The molecule has 1 aromatic carbocycles. The van der Waals surface area contributed by atoms with Crippen LogP contribution in [0.3, 0.4) is 0 Å². The number of fused-ring (bicyclic) bond motifs is 1. The zero-order chi connectivity index (χ0) is 19.9. The summed E-state index contributed by atoms with van der Waals surface area (Å²) in [5, 5.41) is 7.69. The van der Waals surface area contributed by atoms with Crippen molar-refractivity contribution in [2.45, 2.75) is 26.0 Å². The van der Waals surface area contributed by atoms with Crippen LogP contribution >= 0.6 is 35.3 Å². The fourth-order valence-electron chi connectivity index (χ4n) is 3.06. The molecule has 2 aromatic heterocycles. The summed E-state index contributed by atoms with van der Waals surface area (Å²) in [5.41, 5.74) is 3.33. The molecular formula is C21H28IN5OS. The lowest BCUT2D eigenvalue weighted by Crippen LogP contribution is -2.39. The van der Waals surface area contributed by atoms with Crippen molar-refractivity contribution < 1.29 is 4.74 Å². The van der Waals surface area contributed by atoms with E-state index in [-0.39, 0.29) is 30.1 Å². The average Bonchev–Trinajstić information content (AvgIpc) is 3.19. The molecule has 1 N–H and O–H groups in total. The van der Waals surface area contributed by atoms with Crippen LogP contribution < -0.4 is 5.32 Å². The number of thiazole rings is 1. The minimum atomic E-state index is 0. The maximum Gasteiger partial charge on any atom is 0.193 e. The van der Waals surface area contributed by atoms with Gasteiger partial charge in [0.15, 0.2) is 5.96 Å². The van der Waals surface area contributed by atoms with E-state index in [0.29, 0.717) is 6.54 Å². The zero-order valence-corrected chi connectivity index (χ0v) is 20.4. The van der Waals surface area contributed by atoms with Crippen LogP contribution in [0.4, 0.5) is 0 Å². The van der Waals surface area contributed by atoms with Crippen LogP contribution in [0.15, 0.2) is 46.9 Å². The summed E-state index contributed by atoms with van der Waals surface area (Å²) in [7, 11) is 5.53. The quantitative estimate of drug-likeness (QED) is 0.284. The van der Waals surface area contributed by atoms with Gasteiger partial charge in [0.2, 0.25) is 0 Å². The second-order valence-electron chi connectivity index (χ2n) is 6.63. The number of aliphatic imine (C=N–C) groups is 1. The second-order valence-corrected chi connectivity index (χ2v) is 7.52. The van der Waals surface area contributed by atoms with Gasteiger partial charge < -0.3 is 15.0 Å². The number of aromatic nitrogens is 2. The van der Waals surface area contributed by atoms with E-state index in [9.17, 15) is 0 Å². The van der Waals surface area contributed by atoms with E-state index in [1.165, 1.54) is 10.9 Å². The Morgan fingerprint density at radius 2 is 2.10 bits per heavy atom. The number of ether oxygens (including phenoxy) is 1. The molecule has 2 heterocycles. The summed E-state index contributed by atoms with van der Waals surface area (Å²) in [6.07, 6.45) is 2.75. The Kier molecular flexibility index (Phi) is 9.25. The van der Waals surface area contributed by atoms with E-state index in [1.807, 2.05) is 26.2 Å². The first-order chi connectivity index (χ1) is 13.6. The van der Waals surface area contributed by atoms with Crippen LogP contribution in [0.25, 0.3) is 10.9 Å². The highest BCUT2D eigenvalue weighted by atomic mass is 127. The molecule has 0 spiro atoms. The van der Waals surface area contributed by atoms with Gasteiger partial charge in [-0.2, -0.15) is 0 Å². The number of guanidine groups is 1. The van der Waals surface area contributed by atoms with Crippen molar-refractivity contribution in [3.05, 3.63) is 58.2 Å². The van der Waals surface area contributed by atoms with E-state index in [2.05, 4.69) is 54.8 Å². The molecule has 0 bridgehead atoms. The van der Waals surface area contributed by atoms with Gasteiger partial charge in [-0.3, -0.25) is 9.98 Å². The van der Waals surface area contributed by atoms with Gasteiger partial charge in [-0.05, 0) is 25.0 Å². The summed E-state index contributed by atoms with van der Waals surface area (Å²) in [5.74, 6) is 0.850. The van der Waals surface area contributed by atoms with Gasteiger partial charge in [0.1, 0.15) is 11.1 Å². The molecule has 0 fully saturated rings. The normalized spacial score (nSPS) is 12.5. The molecule has 156 valence electrons. The molecular weight excluding hydrogens is 497 g/mol. The lowest BCUT2D eigenvalue weighted by Gasteiger charge is -2.21. The first kappa shape index (κ1) is 23.5. The highest BCUT2D eigenvalue weighted by molar-refractivity contribution is 14.0. The number of benzene rings is 1. The first-order valence-electron chi connectivity index (χ1n) is 9.34. The summed E-state index contributed by atoms with van der Waals surface area (Å²) >= 11 is 1.63. The molecule has 29 heavy (non-hydrogen) atoms. The van der Waals surface area contributed by atoms with Gasteiger partial charge in [0.05, 0.1) is 17.8 Å². The minimum Gasteiger partial charge on any atom is -0.375 e. The van der Waals surface area contributed by atoms with Crippen LogP contribution in [0.5, 0.6) is 0 Å². The predicted molar refractivity (Wildman–Crippen MR) is 131 cm³/mol. The Hall–Kier alpha value is -1.78. The van der Waals surface area contributed by atoms with Gasteiger partial charge in [0, 0.05) is 44.7 Å². The van der Waals surface area contributed by atoms with E-state index in [0.717, 1.165) is 35.1 Å². The Morgan fingerprint density at radius 1 is 1.31 bits per heavy atom. The van der Waals surface area contributed by atoms with Gasteiger partial charge in [-0.25, -0.2) is 4.98 Å². The first-order valence-corrected chi connectivity index (χ1v) is 10.2. The average molecular weight is 525 g/mol. The molecule has 1 unspecified atom stereocenters. The summed E-state index contributed by atoms with van der Waals surface area (Å²) in [4.78, 5) is 15.7.